The Balaban J connectivity index is 1.16. The van der Waals surface area contributed by atoms with E-state index in [9.17, 15) is 0 Å². The third-order valence-electron chi connectivity index (χ3n) is 20.0. The Labute approximate surface area is 463 Å². The number of thiophene rings is 1. The second-order valence-corrected chi connectivity index (χ2v) is 28.5. The van der Waals surface area contributed by atoms with Crippen molar-refractivity contribution in [1.29, 1.82) is 0 Å². The minimum absolute atomic E-state index is 0.0301. The van der Waals surface area contributed by atoms with Gasteiger partial charge in [-0.05, 0) is 181 Å². The number of hydrogen-bond donors (Lipinski definition) is 0. The van der Waals surface area contributed by atoms with Gasteiger partial charge in [-0.1, -0.05) is 192 Å². The molecule has 5 aliphatic rings. The second kappa shape index (κ2) is 16.8. The number of anilines is 6. The highest BCUT2D eigenvalue weighted by Gasteiger charge is 2.50. The van der Waals surface area contributed by atoms with Crippen LogP contribution in [0.4, 0.5) is 34.1 Å². The SMILES string of the molecule is Cc1cc2c(cc1N1c3cc4c(cc3B3c5c1cc(C1CCCCC1)cc5N(c1ccccc1-c1ccccc1)c1ccc5c(sc6ccc(C(C)(C)C)cc65)c13)C(C)(C)c1ccccc1C4(C)C)C(C)(C)CCC2(C)C. The van der Waals surface area contributed by atoms with Gasteiger partial charge in [0.2, 0.25) is 0 Å². The molecule has 386 valence electrons. The van der Waals surface area contributed by atoms with E-state index in [-0.39, 0.29) is 33.8 Å². The third-order valence-corrected chi connectivity index (χ3v) is 21.3. The lowest BCUT2D eigenvalue weighted by Gasteiger charge is -2.49. The van der Waals surface area contributed by atoms with Crippen molar-refractivity contribution in [1.82, 2.24) is 0 Å². The highest BCUT2D eigenvalue weighted by atomic mass is 32.1. The Hall–Kier alpha value is -6.36. The average Bonchev–Trinajstić information content (AvgIpc) is 3.91. The summed E-state index contributed by atoms with van der Waals surface area (Å²) in [6.07, 6.45) is 8.71. The van der Waals surface area contributed by atoms with Crippen LogP contribution in [0.25, 0.3) is 31.3 Å². The summed E-state index contributed by atoms with van der Waals surface area (Å²) >= 11 is 2.01. The van der Waals surface area contributed by atoms with Gasteiger partial charge in [-0.3, -0.25) is 0 Å². The summed E-state index contributed by atoms with van der Waals surface area (Å²) in [5, 5.41) is 2.73. The number of benzene rings is 8. The van der Waals surface area contributed by atoms with E-state index >= 15 is 0 Å². The lowest BCUT2D eigenvalue weighted by Crippen LogP contribution is -2.62. The van der Waals surface area contributed by atoms with Crippen molar-refractivity contribution in [3.05, 3.63) is 196 Å². The van der Waals surface area contributed by atoms with Crippen LogP contribution in [0, 0.1) is 6.92 Å². The van der Waals surface area contributed by atoms with E-state index in [0.717, 1.165) is 0 Å². The van der Waals surface area contributed by atoms with Crippen LogP contribution in [-0.4, -0.2) is 6.71 Å². The molecule has 8 aromatic carbocycles. The minimum Gasteiger partial charge on any atom is -0.311 e. The van der Waals surface area contributed by atoms with Crippen LogP contribution in [-0.2, 0) is 27.1 Å². The summed E-state index contributed by atoms with van der Waals surface area (Å²) < 4.78 is 2.76. The molecule has 2 aliphatic heterocycles. The Kier molecular flexibility index (Phi) is 10.7. The Morgan fingerprint density at radius 3 is 1.77 bits per heavy atom. The van der Waals surface area contributed by atoms with E-state index in [0.29, 0.717) is 5.92 Å². The van der Waals surface area contributed by atoms with Gasteiger partial charge in [0.15, 0.2) is 0 Å². The summed E-state index contributed by atoms with van der Waals surface area (Å²) in [4.78, 5) is 5.56. The smallest absolute Gasteiger partial charge is 0.254 e. The number of hydrogen-bond acceptors (Lipinski definition) is 3. The molecule has 1 saturated carbocycles. The topological polar surface area (TPSA) is 6.48 Å². The molecule has 14 rings (SSSR count). The van der Waals surface area contributed by atoms with Crippen LogP contribution in [0.3, 0.4) is 0 Å². The molecule has 0 spiro atoms. The fourth-order valence-corrected chi connectivity index (χ4v) is 16.7. The highest BCUT2D eigenvalue weighted by Crippen LogP contribution is 2.56. The van der Waals surface area contributed by atoms with Gasteiger partial charge in [0.1, 0.15) is 0 Å². The molecule has 0 amide bonds. The summed E-state index contributed by atoms with van der Waals surface area (Å²) in [6, 6.07) is 58.2. The van der Waals surface area contributed by atoms with Gasteiger partial charge >= 0.3 is 0 Å². The maximum atomic E-state index is 2.82. The Morgan fingerprint density at radius 1 is 0.494 bits per heavy atom. The van der Waals surface area contributed by atoms with Gasteiger partial charge in [0, 0.05) is 59.6 Å². The number of para-hydroxylation sites is 1. The van der Waals surface area contributed by atoms with Crippen LogP contribution < -0.4 is 26.2 Å². The molecule has 2 nitrogen and oxygen atoms in total. The average molecular weight is 1020 g/mol. The summed E-state index contributed by atoms with van der Waals surface area (Å²) in [7, 11) is 0. The van der Waals surface area contributed by atoms with Crippen LogP contribution >= 0.6 is 11.3 Å². The lowest BCUT2D eigenvalue weighted by molar-refractivity contribution is 0.332. The molecule has 77 heavy (non-hydrogen) atoms. The summed E-state index contributed by atoms with van der Waals surface area (Å²) in [5.74, 6) is 0.492. The second-order valence-electron chi connectivity index (χ2n) is 27.4. The first-order chi connectivity index (χ1) is 36.7. The Bertz CT molecular complexity index is 3930. The van der Waals surface area contributed by atoms with Crippen LogP contribution in [0.15, 0.2) is 146 Å². The normalized spacial score (nSPS) is 18.6. The van der Waals surface area contributed by atoms with Gasteiger partial charge in [0.25, 0.3) is 6.71 Å². The summed E-state index contributed by atoms with van der Waals surface area (Å²) in [6.45, 7) is 29.4. The van der Waals surface area contributed by atoms with Crippen LogP contribution in [0.2, 0.25) is 0 Å². The fraction of sp³-hybridized carbons (Fsp3) is 0.342. The van der Waals surface area contributed by atoms with E-state index in [1.165, 1.54) is 177 Å². The molecule has 1 aromatic heterocycles. The van der Waals surface area contributed by atoms with Crippen molar-refractivity contribution in [2.75, 3.05) is 9.80 Å². The Morgan fingerprint density at radius 2 is 1.09 bits per heavy atom. The molecular formula is C73H75BN2S. The van der Waals surface area contributed by atoms with Crippen molar-refractivity contribution in [3.63, 3.8) is 0 Å². The highest BCUT2D eigenvalue weighted by molar-refractivity contribution is 7.28. The fourth-order valence-electron chi connectivity index (χ4n) is 15.4. The monoisotopic (exact) mass is 1020 g/mol. The molecule has 0 bridgehead atoms. The molecule has 3 heterocycles. The van der Waals surface area contributed by atoms with Crippen LogP contribution in [0.1, 0.15) is 177 Å². The van der Waals surface area contributed by atoms with E-state index in [1.807, 2.05) is 11.3 Å². The minimum atomic E-state index is -0.224. The predicted octanol–water partition coefficient (Wildman–Crippen LogP) is 18.8. The lowest BCUT2D eigenvalue weighted by atomic mass is 9.33. The number of fused-ring (bicyclic) bond motifs is 11. The number of rotatable bonds is 4. The molecule has 4 heteroatoms. The molecule has 3 aliphatic carbocycles. The van der Waals surface area contributed by atoms with Gasteiger partial charge < -0.3 is 9.80 Å². The molecule has 0 unspecified atom stereocenters. The molecule has 0 saturated heterocycles. The predicted molar refractivity (Wildman–Crippen MR) is 334 cm³/mol. The zero-order valence-corrected chi connectivity index (χ0v) is 48.6. The number of aryl methyl sites for hydroxylation is 1. The molecule has 0 radical (unpaired) electrons. The maximum absolute atomic E-state index is 2.82. The molecule has 0 N–H and O–H groups in total. The maximum Gasteiger partial charge on any atom is 0.254 e. The van der Waals surface area contributed by atoms with Crippen molar-refractivity contribution in [2.24, 2.45) is 0 Å². The van der Waals surface area contributed by atoms with Crippen molar-refractivity contribution in [2.45, 2.75) is 161 Å². The van der Waals surface area contributed by atoms with Crippen molar-refractivity contribution in [3.8, 4) is 11.1 Å². The van der Waals surface area contributed by atoms with Crippen LogP contribution in [0.5, 0.6) is 0 Å². The molecular weight excluding hydrogens is 948 g/mol. The van der Waals surface area contributed by atoms with Crippen molar-refractivity contribution < 1.29 is 0 Å². The standard InChI is InChI=1S/C73H75BN2S/c1-44-37-54-55(71(7,8)36-35-70(54,5)6)42-61(44)76-62-43-57-56(72(9,10)52-28-20-21-29-53(52)73(57,11)12)41-58(62)74-66-63(38-47(39-64(66)76)45-23-15-13-16-24-45)75(59-30-22-19-27-49(59)46-25-17-14-18-26-46)60-33-32-50-51-40-48(69(2,3)4)31-34-65(51)77-68(50)67(60)74/h14,17-22,25-34,37-43,45H,13,15-16,23-24,35-36H2,1-12H3. The first kappa shape index (κ1) is 49.0. The molecule has 9 aromatic rings. The number of nitrogens with zero attached hydrogens (tertiary/aromatic N) is 2. The van der Waals surface area contributed by atoms with E-state index in [2.05, 4.69) is 238 Å². The van der Waals surface area contributed by atoms with Crippen molar-refractivity contribution >= 4 is 88.7 Å². The molecule has 1 fully saturated rings. The zero-order chi connectivity index (χ0) is 53.3. The third kappa shape index (κ3) is 7.18. The first-order valence-electron chi connectivity index (χ1n) is 29.1. The van der Waals surface area contributed by atoms with E-state index < -0.39 is 0 Å². The van der Waals surface area contributed by atoms with Gasteiger partial charge in [-0.15, -0.1) is 11.3 Å². The van der Waals surface area contributed by atoms with Gasteiger partial charge in [-0.2, -0.15) is 0 Å². The van der Waals surface area contributed by atoms with E-state index in [1.54, 1.807) is 0 Å². The summed E-state index contributed by atoms with van der Waals surface area (Å²) in [5.41, 5.74) is 27.4. The quantitative estimate of drug-likeness (QED) is 0.162. The van der Waals surface area contributed by atoms with Gasteiger partial charge in [-0.25, -0.2) is 0 Å². The largest absolute Gasteiger partial charge is 0.311 e. The first-order valence-corrected chi connectivity index (χ1v) is 29.9. The van der Waals surface area contributed by atoms with E-state index in [4.69, 9.17) is 0 Å². The molecule has 0 atom stereocenters. The van der Waals surface area contributed by atoms with Gasteiger partial charge in [0.05, 0.1) is 5.69 Å². The zero-order valence-electron chi connectivity index (χ0n) is 47.8.